The summed E-state index contributed by atoms with van der Waals surface area (Å²) in [5, 5.41) is 12.4. The lowest BCUT2D eigenvalue weighted by molar-refractivity contribution is 0.0705. The molecule has 4 rings (SSSR count). The number of nitrogens with one attached hydrogen (secondary N) is 2. The summed E-state index contributed by atoms with van der Waals surface area (Å²) in [6, 6.07) is 4.14. The van der Waals surface area contributed by atoms with Crippen LogP contribution in [-0.2, 0) is 13.0 Å². The lowest BCUT2D eigenvalue weighted by Crippen LogP contribution is -2.46. The van der Waals surface area contributed by atoms with Gasteiger partial charge in [-0.2, -0.15) is 0 Å². The van der Waals surface area contributed by atoms with Gasteiger partial charge in [-0.3, -0.25) is 14.9 Å². The Morgan fingerprint density at radius 1 is 1.43 bits per heavy atom. The molecule has 1 aromatic rings. The molecule has 6 heteroatoms. The summed E-state index contributed by atoms with van der Waals surface area (Å²) in [5.41, 5.74) is 3.30. The summed E-state index contributed by atoms with van der Waals surface area (Å²) in [6.45, 7) is 2.45. The van der Waals surface area contributed by atoms with Crippen LogP contribution in [0.1, 0.15) is 40.7 Å². The Hall–Kier alpha value is -1.50. The predicted molar refractivity (Wildman–Crippen MR) is 82.7 cm³/mol. The van der Waals surface area contributed by atoms with Crippen molar-refractivity contribution >= 4 is 5.91 Å². The van der Waals surface area contributed by atoms with Crippen molar-refractivity contribution in [2.24, 2.45) is 5.92 Å². The Kier molecular flexibility index (Phi) is 3.83. The van der Waals surface area contributed by atoms with Gasteiger partial charge in [0.15, 0.2) is 0 Å². The van der Waals surface area contributed by atoms with Gasteiger partial charge in [-0.15, -0.1) is 0 Å². The minimum Gasteiger partial charge on any atom is -0.310 e. The van der Waals surface area contributed by atoms with Crippen molar-refractivity contribution in [3.05, 3.63) is 34.6 Å². The average Bonchev–Trinajstić information content (AvgIpc) is 3.17. The number of benzene rings is 1. The fourth-order valence-corrected chi connectivity index (χ4v) is 4.48. The molecule has 1 saturated carbocycles. The Balaban J connectivity index is 1.48. The summed E-state index contributed by atoms with van der Waals surface area (Å²) < 4.78 is 14.4. The van der Waals surface area contributed by atoms with Crippen molar-refractivity contribution in [1.82, 2.24) is 15.7 Å². The molecular formula is C17H22FN3O2. The van der Waals surface area contributed by atoms with Crippen LogP contribution in [0.5, 0.6) is 0 Å². The Morgan fingerprint density at radius 2 is 2.30 bits per heavy atom. The quantitative estimate of drug-likeness (QED) is 0.583. The maximum Gasteiger partial charge on any atom is 0.274 e. The molecule has 124 valence electrons. The van der Waals surface area contributed by atoms with Crippen LogP contribution in [-0.4, -0.2) is 41.2 Å². The maximum absolute atomic E-state index is 14.4. The highest BCUT2D eigenvalue weighted by atomic mass is 19.1. The molecule has 1 saturated heterocycles. The van der Waals surface area contributed by atoms with Gasteiger partial charge in [-0.25, -0.2) is 9.87 Å². The number of rotatable bonds is 3. The lowest BCUT2D eigenvalue weighted by atomic mass is 9.94. The predicted octanol–water partition coefficient (Wildman–Crippen LogP) is 1.44. The van der Waals surface area contributed by atoms with Gasteiger partial charge in [0, 0.05) is 42.8 Å². The molecule has 3 aliphatic rings. The van der Waals surface area contributed by atoms with Gasteiger partial charge in [-0.1, -0.05) is 0 Å². The van der Waals surface area contributed by atoms with E-state index in [0.717, 1.165) is 31.0 Å². The van der Waals surface area contributed by atoms with Gasteiger partial charge in [0.25, 0.3) is 5.91 Å². The van der Waals surface area contributed by atoms with E-state index >= 15 is 0 Å². The number of hydrogen-bond acceptors (Lipinski definition) is 4. The highest BCUT2D eigenvalue weighted by molar-refractivity contribution is 5.93. The van der Waals surface area contributed by atoms with E-state index in [1.54, 1.807) is 11.5 Å². The number of nitrogens with zero attached hydrogens (tertiary/aromatic N) is 1. The van der Waals surface area contributed by atoms with Gasteiger partial charge in [0.2, 0.25) is 0 Å². The number of amides is 1. The number of carbonyl (C=O) groups is 1. The van der Waals surface area contributed by atoms with Gasteiger partial charge < -0.3 is 5.32 Å². The zero-order valence-electron chi connectivity index (χ0n) is 13.0. The second-order valence-corrected chi connectivity index (χ2v) is 7.07. The van der Waals surface area contributed by atoms with E-state index < -0.39 is 5.91 Å². The van der Waals surface area contributed by atoms with Crippen molar-refractivity contribution in [1.29, 1.82) is 0 Å². The summed E-state index contributed by atoms with van der Waals surface area (Å²) in [5.74, 6) is -0.242. The van der Waals surface area contributed by atoms with Crippen molar-refractivity contribution in [2.45, 2.75) is 44.3 Å². The van der Waals surface area contributed by atoms with Crippen LogP contribution in [0.3, 0.4) is 0 Å². The van der Waals surface area contributed by atoms with Crippen LogP contribution in [0, 0.1) is 11.7 Å². The molecule has 1 amide bonds. The van der Waals surface area contributed by atoms with Crippen LogP contribution in [0.2, 0.25) is 0 Å². The topological polar surface area (TPSA) is 64.6 Å². The SMILES string of the molecule is O=C(NO)c1cc(F)c2c(c1)CCN(CC1NC3CCC1C3)C2. The van der Waals surface area contributed by atoms with Crippen molar-refractivity contribution in [3.63, 3.8) is 0 Å². The second kappa shape index (κ2) is 5.85. The molecule has 0 aromatic heterocycles. The number of fused-ring (bicyclic) bond motifs is 3. The molecule has 2 fully saturated rings. The third-order valence-electron chi connectivity index (χ3n) is 5.68. The van der Waals surface area contributed by atoms with E-state index in [1.807, 2.05) is 0 Å². The molecule has 2 heterocycles. The fraction of sp³-hybridized carbons (Fsp3) is 0.588. The molecule has 5 nitrogen and oxygen atoms in total. The van der Waals surface area contributed by atoms with E-state index in [1.165, 1.54) is 25.3 Å². The highest BCUT2D eigenvalue weighted by Gasteiger charge is 2.39. The molecule has 1 aromatic carbocycles. The molecule has 23 heavy (non-hydrogen) atoms. The smallest absolute Gasteiger partial charge is 0.274 e. The van der Waals surface area contributed by atoms with Crippen LogP contribution in [0.25, 0.3) is 0 Å². The van der Waals surface area contributed by atoms with Crippen molar-refractivity contribution in [3.8, 4) is 0 Å². The normalized spacial score (nSPS) is 29.6. The lowest BCUT2D eigenvalue weighted by Gasteiger charge is -2.34. The maximum atomic E-state index is 14.4. The molecule has 2 aliphatic heterocycles. The Bertz CT molecular complexity index is 637. The molecule has 0 radical (unpaired) electrons. The number of hydroxylamine groups is 1. The molecule has 0 spiro atoms. The van der Waals surface area contributed by atoms with E-state index in [-0.39, 0.29) is 11.4 Å². The number of piperidine rings is 1. The highest BCUT2D eigenvalue weighted by Crippen LogP contribution is 2.36. The van der Waals surface area contributed by atoms with E-state index in [4.69, 9.17) is 5.21 Å². The Labute approximate surface area is 134 Å². The van der Waals surface area contributed by atoms with E-state index in [9.17, 15) is 9.18 Å². The zero-order valence-corrected chi connectivity index (χ0v) is 13.0. The van der Waals surface area contributed by atoms with Gasteiger partial charge in [0.05, 0.1) is 0 Å². The monoisotopic (exact) mass is 319 g/mol. The van der Waals surface area contributed by atoms with E-state index in [2.05, 4.69) is 10.2 Å². The number of carbonyl (C=O) groups excluding carboxylic acids is 1. The average molecular weight is 319 g/mol. The summed E-state index contributed by atoms with van der Waals surface area (Å²) in [7, 11) is 0. The summed E-state index contributed by atoms with van der Waals surface area (Å²) in [4.78, 5) is 13.8. The third-order valence-corrected chi connectivity index (χ3v) is 5.68. The second-order valence-electron chi connectivity index (χ2n) is 7.07. The molecule has 3 N–H and O–H groups in total. The standard InChI is InChI=1S/C17H22FN3O2/c18-15-7-12(17(22)20-23)5-10-3-4-21(8-14(10)15)9-16-11-1-2-13(6-11)19-16/h5,7,11,13,16,19,23H,1-4,6,8-9H2,(H,20,22). The molecule has 3 unspecified atom stereocenters. The van der Waals surface area contributed by atoms with E-state index in [0.29, 0.717) is 24.2 Å². The first-order valence-electron chi connectivity index (χ1n) is 8.38. The summed E-state index contributed by atoms with van der Waals surface area (Å²) >= 11 is 0. The minimum absolute atomic E-state index is 0.173. The van der Waals surface area contributed by atoms with Gasteiger partial charge in [-0.05, 0) is 49.3 Å². The first kappa shape index (κ1) is 15.1. The molecule has 3 atom stereocenters. The van der Waals surface area contributed by atoms with Crippen molar-refractivity contribution in [2.75, 3.05) is 13.1 Å². The van der Waals surface area contributed by atoms with Gasteiger partial charge in [0.1, 0.15) is 5.82 Å². The third kappa shape index (κ3) is 2.75. The van der Waals surface area contributed by atoms with Gasteiger partial charge >= 0.3 is 0 Å². The largest absolute Gasteiger partial charge is 0.310 e. The molecular weight excluding hydrogens is 297 g/mol. The zero-order chi connectivity index (χ0) is 16.0. The van der Waals surface area contributed by atoms with Crippen LogP contribution >= 0.6 is 0 Å². The number of hydrogen-bond donors (Lipinski definition) is 3. The minimum atomic E-state index is -0.666. The fourth-order valence-electron chi connectivity index (χ4n) is 4.48. The van der Waals surface area contributed by atoms with Crippen molar-refractivity contribution < 1.29 is 14.4 Å². The first-order chi connectivity index (χ1) is 11.1. The Morgan fingerprint density at radius 3 is 3.00 bits per heavy atom. The number of halogens is 1. The molecule has 1 aliphatic carbocycles. The summed E-state index contributed by atoms with van der Waals surface area (Å²) in [6.07, 6.45) is 4.65. The van der Waals surface area contributed by atoms with Crippen LogP contribution in [0.15, 0.2) is 12.1 Å². The first-order valence-corrected chi connectivity index (χ1v) is 8.38. The van der Waals surface area contributed by atoms with Crippen LogP contribution < -0.4 is 10.8 Å². The van der Waals surface area contributed by atoms with Crippen LogP contribution in [0.4, 0.5) is 4.39 Å². The molecule has 2 bridgehead atoms.